The fourth-order valence-corrected chi connectivity index (χ4v) is 10.8. The lowest BCUT2D eigenvalue weighted by atomic mass is 9.33. The fraction of sp³-hybridized carbons (Fsp3) is 0.933. The van der Waals surface area contributed by atoms with Gasteiger partial charge in [0.05, 0.1) is 24.9 Å². The molecule has 200 valence electrons. The summed E-state index contributed by atoms with van der Waals surface area (Å²) in [6.45, 7) is 13.6. The Hall–Kier alpha value is -0.460. The van der Waals surface area contributed by atoms with E-state index in [1.807, 2.05) is 6.92 Å². The van der Waals surface area contributed by atoms with Crippen LogP contribution in [-0.2, 0) is 0 Å². The van der Waals surface area contributed by atoms with Crippen LogP contribution in [-0.4, -0.2) is 57.1 Å². The van der Waals surface area contributed by atoms with Gasteiger partial charge in [-0.15, -0.1) is 0 Å². The molecule has 35 heavy (non-hydrogen) atoms. The molecule has 0 aromatic rings. The van der Waals surface area contributed by atoms with Crippen molar-refractivity contribution in [3.63, 3.8) is 0 Å². The number of rotatable bonds is 2. The molecule has 5 N–H and O–H groups in total. The standard InChI is InChI=1S/C30H50O5/c1-25(2)13-19-18-7-8-22-26(3)14-20(33)24(35)27(4,16-31)21(26)9-10-29(22,6)28(18,5)11-12-30(19,17-32)15-23(25)34/h7,19-24,31-35H,8-17H2,1-6H3/t19-,20-,21?,22-,23+,24+,26+,27?,28-,29-,30+/m1/s1. The summed E-state index contributed by atoms with van der Waals surface area (Å²) in [5, 5.41) is 54.0. The van der Waals surface area contributed by atoms with Gasteiger partial charge in [0.2, 0.25) is 0 Å². The van der Waals surface area contributed by atoms with Gasteiger partial charge >= 0.3 is 0 Å². The first-order valence-electron chi connectivity index (χ1n) is 14.1. The van der Waals surface area contributed by atoms with E-state index in [0.717, 1.165) is 38.5 Å². The van der Waals surface area contributed by atoms with Crippen LogP contribution in [0.3, 0.4) is 0 Å². The van der Waals surface area contributed by atoms with Gasteiger partial charge in [-0.1, -0.05) is 53.2 Å². The first kappa shape index (κ1) is 26.2. The summed E-state index contributed by atoms with van der Waals surface area (Å²) in [5.74, 6) is 0.813. The van der Waals surface area contributed by atoms with Gasteiger partial charge in [0, 0.05) is 17.4 Å². The zero-order chi connectivity index (χ0) is 25.8. The van der Waals surface area contributed by atoms with Crippen molar-refractivity contribution in [3.8, 4) is 0 Å². The lowest BCUT2D eigenvalue weighted by Crippen LogP contribution is -2.68. The maximum atomic E-state index is 11.0. The SMILES string of the molecule is CC1(C)C[C@@H]2C3=CC[C@@H]4[C@@]5(C)C[C@@H](O)[C@H](O)C(C)(CO)C5CC[C@@]4(C)[C@]3(C)CC[C@@]2(CO)C[C@@H]1O. The van der Waals surface area contributed by atoms with E-state index in [4.69, 9.17) is 0 Å². The monoisotopic (exact) mass is 490 g/mol. The highest BCUT2D eigenvalue weighted by molar-refractivity contribution is 5.34. The summed E-state index contributed by atoms with van der Waals surface area (Å²) in [7, 11) is 0. The smallest absolute Gasteiger partial charge is 0.0877 e. The average Bonchev–Trinajstić information content (AvgIpc) is 2.79. The van der Waals surface area contributed by atoms with Crippen molar-refractivity contribution in [1.82, 2.24) is 0 Å². The van der Waals surface area contributed by atoms with Gasteiger partial charge in [0.25, 0.3) is 0 Å². The van der Waals surface area contributed by atoms with Crippen LogP contribution in [0.1, 0.15) is 92.9 Å². The Balaban J connectivity index is 1.59. The number of hydrogen-bond donors (Lipinski definition) is 5. The van der Waals surface area contributed by atoms with E-state index in [2.05, 4.69) is 40.7 Å². The number of hydrogen-bond acceptors (Lipinski definition) is 5. The summed E-state index contributed by atoms with van der Waals surface area (Å²) in [6, 6.07) is 0. The van der Waals surface area contributed by atoms with Crippen LogP contribution in [0.25, 0.3) is 0 Å². The Labute approximate surface area is 212 Å². The Kier molecular flexibility index (Phi) is 5.82. The van der Waals surface area contributed by atoms with Crippen LogP contribution in [0.15, 0.2) is 11.6 Å². The average molecular weight is 491 g/mol. The Morgan fingerprint density at radius 3 is 2.14 bits per heavy atom. The van der Waals surface area contributed by atoms with E-state index in [-0.39, 0.29) is 58.2 Å². The van der Waals surface area contributed by atoms with E-state index in [9.17, 15) is 25.5 Å². The van der Waals surface area contributed by atoms with Crippen molar-refractivity contribution in [2.75, 3.05) is 13.2 Å². The van der Waals surface area contributed by atoms with E-state index in [1.165, 1.54) is 5.57 Å². The van der Waals surface area contributed by atoms with E-state index in [0.29, 0.717) is 18.8 Å². The maximum Gasteiger partial charge on any atom is 0.0877 e. The lowest BCUT2D eigenvalue weighted by Gasteiger charge is -2.72. The minimum atomic E-state index is -0.893. The molecule has 4 saturated carbocycles. The number of aliphatic hydroxyl groups is 5. The Morgan fingerprint density at radius 2 is 1.51 bits per heavy atom. The van der Waals surface area contributed by atoms with Gasteiger partial charge in [0.1, 0.15) is 0 Å². The van der Waals surface area contributed by atoms with Crippen molar-refractivity contribution < 1.29 is 25.5 Å². The van der Waals surface area contributed by atoms with Gasteiger partial charge in [-0.25, -0.2) is 0 Å². The van der Waals surface area contributed by atoms with Crippen molar-refractivity contribution in [1.29, 1.82) is 0 Å². The number of fused-ring (bicyclic) bond motifs is 7. The molecule has 0 saturated heterocycles. The molecule has 4 fully saturated rings. The molecule has 5 aliphatic carbocycles. The zero-order valence-electron chi connectivity index (χ0n) is 22.8. The molecule has 0 amide bonds. The molecular formula is C30H50O5. The van der Waals surface area contributed by atoms with Crippen LogP contribution in [0, 0.1) is 50.2 Å². The normalized spacial score (nSPS) is 57.3. The van der Waals surface area contributed by atoms with Crippen molar-refractivity contribution >= 4 is 0 Å². The van der Waals surface area contributed by atoms with E-state index in [1.54, 1.807) is 0 Å². The minimum Gasteiger partial charge on any atom is -0.396 e. The van der Waals surface area contributed by atoms with Crippen LogP contribution < -0.4 is 0 Å². The third-order valence-electron chi connectivity index (χ3n) is 13.4. The maximum absolute atomic E-state index is 11.0. The predicted octanol–water partition coefficient (Wildman–Crippen LogP) is 4.06. The fourth-order valence-electron chi connectivity index (χ4n) is 10.8. The highest BCUT2D eigenvalue weighted by Crippen LogP contribution is 2.75. The zero-order valence-corrected chi connectivity index (χ0v) is 22.8. The second-order valence-corrected chi connectivity index (χ2v) is 15.2. The molecule has 0 bridgehead atoms. The molecule has 0 aromatic heterocycles. The van der Waals surface area contributed by atoms with Crippen molar-refractivity contribution in [3.05, 3.63) is 11.6 Å². The van der Waals surface area contributed by atoms with Crippen LogP contribution >= 0.6 is 0 Å². The lowest BCUT2D eigenvalue weighted by molar-refractivity contribution is -0.244. The first-order chi connectivity index (χ1) is 16.2. The van der Waals surface area contributed by atoms with E-state index >= 15 is 0 Å². The summed E-state index contributed by atoms with van der Waals surface area (Å²) in [6.07, 6.45) is 7.46. The molecule has 0 aromatic carbocycles. The van der Waals surface area contributed by atoms with Gasteiger partial charge in [0.15, 0.2) is 0 Å². The molecule has 5 rings (SSSR count). The second-order valence-electron chi connectivity index (χ2n) is 15.2. The summed E-state index contributed by atoms with van der Waals surface area (Å²) < 4.78 is 0. The molecule has 0 aliphatic heterocycles. The molecule has 5 heteroatoms. The van der Waals surface area contributed by atoms with Crippen LogP contribution in [0.4, 0.5) is 0 Å². The molecular weight excluding hydrogens is 440 g/mol. The van der Waals surface area contributed by atoms with Gasteiger partial charge in [-0.05, 0) is 90.8 Å². The first-order valence-corrected chi connectivity index (χ1v) is 14.1. The van der Waals surface area contributed by atoms with E-state index < -0.39 is 17.6 Å². The summed E-state index contributed by atoms with van der Waals surface area (Å²) in [5.41, 5.74) is 0.300. The summed E-state index contributed by atoms with van der Waals surface area (Å²) in [4.78, 5) is 0. The quantitative estimate of drug-likeness (QED) is 0.376. The highest BCUT2D eigenvalue weighted by Gasteiger charge is 2.70. The van der Waals surface area contributed by atoms with Crippen molar-refractivity contribution in [2.45, 2.75) is 111 Å². The molecule has 5 nitrogen and oxygen atoms in total. The Morgan fingerprint density at radius 1 is 0.829 bits per heavy atom. The van der Waals surface area contributed by atoms with Crippen LogP contribution in [0.2, 0.25) is 0 Å². The molecule has 5 aliphatic rings. The highest BCUT2D eigenvalue weighted by atomic mass is 16.3. The Bertz CT molecular complexity index is 899. The third kappa shape index (κ3) is 3.11. The summed E-state index contributed by atoms with van der Waals surface area (Å²) >= 11 is 0. The topological polar surface area (TPSA) is 101 Å². The van der Waals surface area contributed by atoms with Crippen molar-refractivity contribution in [2.24, 2.45) is 50.2 Å². The minimum absolute atomic E-state index is 0.00222. The molecule has 0 radical (unpaired) electrons. The van der Waals surface area contributed by atoms with Gasteiger partial charge in [-0.3, -0.25) is 0 Å². The molecule has 0 spiro atoms. The third-order valence-corrected chi connectivity index (χ3v) is 13.4. The van der Waals surface area contributed by atoms with Gasteiger partial charge in [-0.2, -0.15) is 0 Å². The largest absolute Gasteiger partial charge is 0.396 e. The number of allylic oxidation sites excluding steroid dienone is 2. The number of aliphatic hydroxyl groups excluding tert-OH is 5. The molecule has 0 heterocycles. The van der Waals surface area contributed by atoms with Gasteiger partial charge < -0.3 is 25.5 Å². The second kappa shape index (κ2) is 7.79. The molecule has 11 atom stereocenters. The molecule has 2 unspecified atom stereocenters. The predicted molar refractivity (Wildman–Crippen MR) is 136 cm³/mol. The van der Waals surface area contributed by atoms with Crippen LogP contribution in [0.5, 0.6) is 0 Å².